The van der Waals surface area contributed by atoms with E-state index in [-0.39, 0.29) is 14.9 Å². The first-order valence-corrected chi connectivity index (χ1v) is 3.49. The predicted octanol–water partition coefficient (Wildman–Crippen LogP) is 2.80. The van der Waals surface area contributed by atoms with Crippen molar-refractivity contribution in [3.8, 4) is 0 Å². The lowest BCUT2D eigenvalue weighted by Crippen LogP contribution is -1.89. The standard InChI is InChI=1S/C9H14N2.2CH4/c1-10-8-6-4-3-5-7-9-11-2;;/h3-10H,1-2H3;2*1H4. The van der Waals surface area contributed by atoms with Gasteiger partial charge in [-0.2, -0.15) is 0 Å². The highest BCUT2D eigenvalue weighted by molar-refractivity contribution is 5.71. The summed E-state index contributed by atoms with van der Waals surface area (Å²) in [6.45, 7) is 0. The number of nitrogens with zero attached hydrogens (tertiary/aromatic N) is 1. The fourth-order valence-electron chi connectivity index (χ4n) is 0.480. The fourth-order valence-corrected chi connectivity index (χ4v) is 0.480. The van der Waals surface area contributed by atoms with Gasteiger partial charge in [0, 0.05) is 20.3 Å². The maximum Gasteiger partial charge on any atom is 0.0277 e. The molecule has 0 radical (unpaired) electrons. The fraction of sp³-hybridized carbons (Fsp3) is 0.364. The van der Waals surface area contributed by atoms with Crippen LogP contribution in [0.1, 0.15) is 14.9 Å². The van der Waals surface area contributed by atoms with E-state index < -0.39 is 0 Å². The average Bonchev–Trinajstić information content (AvgIpc) is 2.03. The number of hydrogen-bond acceptors (Lipinski definition) is 2. The molecule has 2 heteroatoms. The topological polar surface area (TPSA) is 24.4 Å². The van der Waals surface area contributed by atoms with Gasteiger partial charge in [-0.05, 0) is 18.4 Å². The van der Waals surface area contributed by atoms with Gasteiger partial charge in [0.1, 0.15) is 0 Å². The molecule has 2 nitrogen and oxygen atoms in total. The molecule has 0 heterocycles. The number of aliphatic imine (C=N–C) groups is 1. The Hall–Kier alpha value is -1.31. The molecule has 0 aromatic heterocycles. The zero-order valence-electron chi connectivity index (χ0n) is 6.99. The van der Waals surface area contributed by atoms with Gasteiger partial charge in [-0.1, -0.05) is 33.1 Å². The first kappa shape index (κ1) is 17.7. The Morgan fingerprint density at radius 2 is 1.46 bits per heavy atom. The molecule has 0 aromatic carbocycles. The predicted molar refractivity (Wildman–Crippen MR) is 64.4 cm³/mol. The van der Waals surface area contributed by atoms with Gasteiger partial charge in [0.25, 0.3) is 0 Å². The summed E-state index contributed by atoms with van der Waals surface area (Å²) in [5.41, 5.74) is 0. The summed E-state index contributed by atoms with van der Waals surface area (Å²) in [6, 6.07) is 0. The Labute approximate surface area is 82.8 Å². The summed E-state index contributed by atoms with van der Waals surface area (Å²) in [5, 5.41) is 2.89. The number of allylic oxidation sites excluding steroid dienone is 5. The second-order valence-electron chi connectivity index (χ2n) is 1.82. The van der Waals surface area contributed by atoms with Crippen LogP contribution in [-0.4, -0.2) is 20.3 Å². The largest absolute Gasteiger partial charge is 0.394 e. The third-order valence-corrected chi connectivity index (χ3v) is 0.942. The van der Waals surface area contributed by atoms with Crippen LogP contribution in [0.25, 0.3) is 0 Å². The molecule has 0 fully saturated rings. The molecule has 0 rings (SSSR count). The quantitative estimate of drug-likeness (QED) is 0.524. The SMILES string of the molecule is C.C.CN=CC=CC=CC=CNC. The van der Waals surface area contributed by atoms with Crippen molar-refractivity contribution >= 4 is 6.21 Å². The Morgan fingerprint density at radius 1 is 0.923 bits per heavy atom. The lowest BCUT2D eigenvalue weighted by atomic mass is 10.4. The molecule has 0 aliphatic rings. The highest BCUT2D eigenvalue weighted by Crippen LogP contribution is 1.76. The third-order valence-electron chi connectivity index (χ3n) is 0.942. The van der Waals surface area contributed by atoms with Crippen LogP contribution in [0.3, 0.4) is 0 Å². The maximum absolute atomic E-state index is 3.79. The molecule has 0 atom stereocenters. The van der Waals surface area contributed by atoms with E-state index >= 15 is 0 Å². The molecular formula is C11H22N2. The van der Waals surface area contributed by atoms with Gasteiger partial charge in [0.2, 0.25) is 0 Å². The maximum atomic E-state index is 3.79. The number of nitrogens with one attached hydrogen (secondary N) is 1. The van der Waals surface area contributed by atoms with Crippen molar-refractivity contribution in [1.29, 1.82) is 0 Å². The van der Waals surface area contributed by atoms with Crippen LogP contribution in [0.5, 0.6) is 0 Å². The van der Waals surface area contributed by atoms with Crippen molar-refractivity contribution in [2.45, 2.75) is 14.9 Å². The van der Waals surface area contributed by atoms with Crippen LogP contribution in [0.4, 0.5) is 0 Å². The molecule has 0 amide bonds. The van der Waals surface area contributed by atoms with E-state index in [4.69, 9.17) is 0 Å². The van der Waals surface area contributed by atoms with Crippen molar-refractivity contribution in [3.05, 3.63) is 36.6 Å². The van der Waals surface area contributed by atoms with Crippen LogP contribution >= 0.6 is 0 Å². The van der Waals surface area contributed by atoms with Crippen LogP contribution in [0, 0.1) is 0 Å². The van der Waals surface area contributed by atoms with Gasteiger partial charge in [-0.25, -0.2) is 0 Å². The third kappa shape index (κ3) is 18.0. The minimum absolute atomic E-state index is 0. The summed E-state index contributed by atoms with van der Waals surface area (Å²) >= 11 is 0. The molecular weight excluding hydrogens is 160 g/mol. The highest BCUT2D eigenvalue weighted by Gasteiger charge is 1.61. The summed E-state index contributed by atoms with van der Waals surface area (Å²) in [4.78, 5) is 3.79. The Kier molecular flexibility index (Phi) is 23.1. The van der Waals surface area contributed by atoms with Gasteiger partial charge in [0.15, 0.2) is 0 Å². The Bertz CT molecular complexity index is 177. The van der Waals surface area contributed by atoms with Crippen LogP contribution < -0.4 is 5.32 Å². The van der Waals surface area contributed by atoms with Crippen molar-refractivity contribution in [3.63, 3.8) is 0 Å². The lowest BCUT2D eigenvalue weighted by Gasteiger charge is -1.78. The number of hydrogen-bond donors (Lipinski definition) is 1. The zero-order valence-corrected chi connectivity index (χ0v) is 6.99. The molecule has 0 aliphatic carbocycles. The molecule has 0 saturated heterocycles. The smallest absolute Gasteiger partial charge is 0.0277 e. The number of rotatable bonds is 4. The van der Waals surface area contributed by atoms with Gasteiger partial charge >= 0.3 is 0 Å². The van der Waals surface area contributed by atoms with Crippen molar-refractivity contribution < 1.29 is 0 Å². The van der Waals surface area contributed by atoms with E-state index in [9.17, 15) is 0 Å². The summed E-state index contributed by atoms with van der Waals surface area (Å²) in [5.74, 6) is 0. The van der Waals surface area contributed by atoms with E-state index in [1.807, 2.05) is 43.6 Å². The van der Waals surface area contributed by atoms with E-state index in [1.54, 1.807) is 13.3 Å². The minimum atomic E-state index is 0. The van der Waals surface area contributed by atoms with Gasteiger partial charge < -0.3 is 5.32 Å². The van der Waals surface area contributed by atoms with Crippen molar-refractivity contribution in [1.82, 2.24) is 5.32 Å². The molecule has 76 valence electrons. The van der Waals surface area contributed by atoms with Crippen LogP contribution in [0.15, 0.2) is 41.6 Å². The molecule has 13 heavy (non-hydrogen) atoms. The second-order valence-corrected chi connectivity index (χ2v) is 1.82. The molecule has 1 N–H and O–H groups in total. The van der Waals surface area contributed by atoms with Crippen molar-refractivity contribution in [2.75, 3.05) is 14.1 Å². The summed E-state index contributed by atoms with van der Waals surface area (Å²) < 4.78 is 0. The van der Waals surface area contributed by atoms with E-state index in [0.29, 0.717) is 0 Å². The van der Waals surface area contributed by atoms with Gasteiger partial charge in [0.05, 0.1) is 0 Å². The van der Waals surface area contributed by atoms with Crippen LogP contribution in [-0.2, 0) is 0 Å². The second kappa shape index (κ2) is 17.0. The summed E-state index contributed by atoms with van der Waals surface area (Å²) in [6.07, 6.45) is 13.2. The zero-order chi connectivity index (χ0) is 8.36. The Morgan fingerprint density at radius 3 is 2.00 bits per heavy atom. The Balaban J connectivity index is -0.000000500. The molecule has 0 aliphatic heterocycles. The molecule has 0 aromatic rings. The minimum Gasteiger partial charge on any atom is -0.394 e. The lowest BCUT2D eigenvalue weighted by molar-refractivity contribution is 1.10. The average molecular weight is 182 g/mol. The molecule has 0 spiro atoms. The molecule has 0 bridgehead atoms. The van der Waals surface area contributed by atoms with E-state index in [0.717, 1.165) is 0 Å². The molecule has 0 saturated carbocycles. The normalized spacial score (nSPS) is 10.9. The summed E-state index contributed by atoms with van der Waals surface area (Å²) in [7, 11) is 3.61. The molecule has 0 unspecified atom stereocenters. The van der Waals surface area contributed by atoms with E-state index in [1.165, 1.54) is 0 Å². The van der Waals surface area contributed by atoms with Gasteiger partial charge in [-0.15, -0.1) is 0 Å². The van der Waals surface area contributed by atoms with Crippen LogP contribution in [0.2, 0.25) is 0 Å². The van der Waals surface area contributed by atoms with Gasteiger partial charge in [-0.3, -0.25) is 4.99 Å². The van der Waals surface area contributed by atoms with E-state index in [2.05, 4.69) is 10.3 Å². The first-order valence-electron chi connectivity index (χ1n) is 3.49. The highest BCUT2D eigenvalue weighted by atomic mass is 14.8. The monoisotopic (exact) mass is 182 g/mol. The van der Waals surface area contributed by atoms with Crippen molar-refractivity contribution in [2.24, 2.45) is 4.99 Å². The first-order chi connectivity index (χ1) is 5.41.